The summed E-state index contributed by atoms with van der Waals surface area (Å²) in [6.07, 6.45) is 0.910. The van der Waals surface area contributed by atoms with Crippen molar-refractivity contribution < 1.29 is 14.3 Å². The molecule has 116 valence electrons. The summed E-state index contributed by atoms with van der Waals surface area (Å²) < 4.78 is 6.09. The third-order valence-electron chi connectivity index (χ3n) is 3.71. The van der Waals surface area contributed by atoms with E-state index < -0.39 is 0 Å². The highest BCUT2D eigenvalue weighted by molar-refractivity contribution is 7.22. The quantitative estimate of drug-likeness (QED) is 0.883. The average Bonchev–Trinajstić information content (AvgIpc) is 3.09. The second kappa shape index (κ2) is 5.92. The van der Waals surface area contributed by atoms with Crippen molar-refractivity contribution in [2.45, 2.75) is 13.3 Å². The van der Waals surface area contributed by atoms with Crippen LogP contribution in [-0.4, -0.2) is 30.5 Å². The Kier molecular flexibility index (Phi) is 3.98. The predicted octanol–water partition coefficient (Wildman–Crippen LogP) is 2.02. The monoisotopic (exact) mass is 319 g/mol. The molecule has 6 nitrogen and oxygen atoms in total. The Bertz CT molecular complexity index is 728. The van der Waals surface area contributed by atoms with Gasteiger partial charge in [0.15, 0.2) is 5.13 Å². The van der Waals surface area contributed by atoms with Gasteiger partial charge in [-0.15, -0.1) is 0 Å². The summed E-state index contributed by atoms with van der Waals surface area (Å²) >= 11 is 1.37. The molecule has 2 atom stereocenters. The van der Waals surface area contributed by atoms with Gasteiger partial charge in [-0.05, 0) is 30.5 Å². The van der Waals surface area contributed by atoms with Crippen LogP contribution in [0.4, 0.5) is 5.13 Å². The molecule has 1 fully saturated rings. The number of hydrogen-bond acceptors (Lipinski definition) is 5. The minimum absolute atomic E-state index is 0.0265. The first-order valence-electron chi connectivity index (χ1n) is 7.09. The molecule has 2 aromatic rings. The SMILES string of the molecule is COc1ccc2nc(NC(=O)CNC(=O)C3CC3C)sc2c1. The number of hydrogen-bond donors (Lipinski definition) is 2. The largest absolute Gasteiger partial charge is 0.497 e. The summed E-state index contributed by atoms with van der Waals surface area (Å²) in [7, 11) is 1.61. The van der Waals surface area contributed by atoms with Crippen LogP contribution >= 0.6 is 11.3 Å². The van der Waals surface area contributed by atoms with Crippen LogP contribution in [0.5, 0.6) is 5.75 Å². The van der Waals surface area contributed by atoms with Gasteiger partial charge in [0.25, 0.3) is 0 Å². The number of rotatable bonds is 5. The van der Waals surface area contributed by atoms with Crippen LogP contribution in [0.15, 0.2) is 18.2 Å². The second-order valence-electron chi connectivity index (χ2n) is 5.44. The maximum atomic E-state index is 11.9. The Hall–Kier alpha value is -2.15. The summed E-state index contributed by atoms with van der Waals surface area (Å²) in [6, 6.07) is 5.54. The lowest BCUT2D eigenvalue weighted by atomic mass is 10.3. The average molecular weight is 319 g/mol. The maximum absolute atomic E-state index is 11.9. The number of nitrogens with zero attached hydrogens (tertiary/aromatic N) is 1. The van der Waals surface area contributed by atoms with Crippen LogP contribution < -0.4 is 15.4 Å². The summed E-state index contributed by atoms with van der Waals surface area (Å²) in [5.41, 5.74) is 0.803. The Balaban J connectivity index is 1.58. The predicted molar refractivity (Wildman–Crippen MR) is 85.1 cm³/mol. The number of fused-ring (bicyclic) bond motifs is 1. The van der Waals surface area contributed by atoms with Gasteiger partial charge in [-0.2, -0.15) is 0 Å². The fraction of sp³-hybridized carbons (Fsp3) is 0.400. The third-order valence-corrected chi connectivity index (χ3v) is 4.64. The van der Waals surface area contributed by atoms with Crippen molar-refractivity contribution >= 4 is 38.5 Å². The minimum Gasteiger partial charge on any atom is -0.497 e. The molecule has 3 rings (SSSR count). The molecule has 1 saturated carbocycles. The fourth-order valence-electron chi connectivity index (χ4n) is 2.23. The molecule has 1 aromatic heterocycles. The zero-order valence-electron chi connectivity index (χ0n) is 12.4. The van der Waals surface area contributed by atoms with Gasteiger partial charge in [-0.25, -0.2) is 4.98 Å². The molecule has 0 aliphatic heterocycles. The van der Waals surface area contributed by atoms with E-state index in [2.05, 4.69) is 15.6 Å². The minimum atomic E-state index is -0.271. The zero-order chi connectivity index (χ0) is 15.7. The highest BCUT2D eigenvalue weighted by Gasteiger charge is 2.38. The van der Waals surface area contributed by atoms with Crippen LogP contribution in [0.2, 0.25) is 0 Å². The van der Waals surface area contributed by atoms with Gasteiger partial charge < -0.3 is 15.4 Å². The summed E-state index contributed by atoms with van der Waals surface area (Å²) in [6.45, 7) is 2.00. The molecule has 1 aromatic carbocycles. The molecular formula is C15H17N3O3S. The molecule has 0 bridgehead atoms. The smallest absolute Gasteiger partial charge is 0.245 e. The van der Waals surface area contributed by atoms with Crippen molar-refractivity contribution in [3.05, 3.63) is 18.2 Å². The topological polar surface area (TPSA) is 80.3 Å². The van der Waals surface area contributed by atoms with Crippen molar-refractivity contribution in [3.8, 4) is 5.75 Å². The molecule has 1 aliphatic carbocycles. The normalized spacial score (nSPS) is 19.7. The molecule has 2 N–H and O–H groups in total. The maximum Gasteiger partial charge on any atom is 0.245 e. The van der Waals surface area contributed by atoms with E-state index in [1.54, 1.807) is 7.11 Å². The number of amides is 2. The molecule has 1 heterocycles. The Labute approximate surface area is 131 Å². The molecule has 1 aliphatic rings. The van der Waals surface area contributed by atoms with Crippen LogP contribution in [0.25, 0.3) is 10.2 Å². The summed E-state index contributed by atoms with van der Waals surface area (Å²) in [5.74, 6) is 0.939. The Morgan fingerprint density at radius 2 is 2.23 bits per heavy atom. The van der Waals surface area contributed by atoms with Gasteiger partial charge in [0.1, 0.15) is 5.75 Å². The lowest BCUT2D eigenvalue weighted by Gasteiger charge is -2.03. The van der Waals surface area contributed by atoms with Gasteiger partial charge in [0.05, 0.1) is 23.9 Å². The molecule has 2 amide bonds. The zero-order valence-corrected chi connectivity index (χ0v) is 13.2. The molecule has 22 heavy (non-hydrogen) atoms. The molecule has 0 saturated heterocycles. The van der Waals surface area contributed by atoms with Gasteiger partial charge >= 0.3 is 0 Å². The van der Waals surface area contributed by atoms with Crippen molar-refractivity contribution in [1.82, 2.24) is 10.3 Å². The van der Waals surface area contributed by atoms with Crippen LogP contribution in [0.1, 0.15) is 13.3 Å². The van der Waals surface area contributed by atoms with Crippen molar-refractivity contribution in [2.24, 2.45) is 11.8 Å². The number of benzene rings is 1. The van der Waals surface area contributed by atoms with E-state index in [1.165, 1.54) is 11.3 Å². The lowest BCUT2D eigenvalue weighted by molar-refractivity contribution is -0.125. The highest BCUT2D eigenvalue weighted by Crippen LogP contribution is 2.37. The first kappa shape index (κ1) is 14.8. The van der Waals surface area contributed by atoms with Gasteiger partial charge in [-0.1, -0.05) is 18.3 Å². The number of methoxy groups -OCH3 is 1. The van der Waals surface area contributed by atoms with E-state index in [9.17, 15) is 9.59 Å². The van der Waals surface area contributed by atoms with E-state index in [0.717, 1.165) is 22.4 Å². The van der Waals surface area contributed by atoms with Gasteiger partial charge in [-0.3, -0.25) is 9.59 Å². The number of anilines is 1. The molecule has 7 heteroatoms. The first-order chi connectivity index (χ1) is 10.6. The van der Waals surface area contributed by atoms with Gasteiger partial charge in [0, 0.05) is 5.92 Å². The number of ether oxygens (including phenoxy) is 1. The molecular weight excluding hydrogens is 302 g/mol. The van der Waals surface area contributed by atoms with E-state index in [0.29, 0.717) is 11.0 Å². The van der Waals surface area contributed by atoms with Crippen LogP contribution in [-0.2, 0) is 9.59 Å². The van der Waals surface area contributed by atoms with Crippen LogP contribution in [0.3, 0.4) is 0 Å². The van der Waals surface area contributed by atoms with E-state index in [-0.39, 0.29) is 24.3 Å². The molecule has 2 unspecified atom stereocenters. The number of carbonyl (C=O) groups excluding carboxylic acids is 2. The van der Waals surface area contributed by atoms with E-state index >= 15 is 0 Å². The molecule has 0 radical (unpaired) electrons. The Morgan fingerprint density at radius 3 is 2.91 bits per heavy atom. The van der Waals surface area contributed by atoms with Gasteiger partial charge in [0.2, 0.25) is 11.8 Å². The summed E-state index contributed by atoms with van der Waals surface area (Å²) in [5, 5.41) is 5.88. The van der Waals surface area contributed by atoms with Crippen molar-refractivity contribution in [2.75, 3.05) is 19.0 Å². The van der Waals surface area contributed by atoms with Crippen molar-refractivity contribution in [3.63, 3.8) is 0 Å². The second-order valence-corrected chi connectivity index (χ2v) is 6.47. The first-order valence-corrected chi connectivity index (χ1v) is 7.90. The third kappa shape index (κ3) is 3.19. The highest BCUT2D eigenvalue weighted by atomic mass is 32.1. The number of nitrogens with one attached hydrogen (secondary N) is 2. The summed E-state index contributed by atoms with van der Waals surface area (Å²) in [4.78, 5) is 27.9. The lowest BCUT2D eigenvalue weighted by Crippen LogP contribution is -2.34. The van der Waals surface area contributed by atoms with E-state index in [1.807, 2.05) is 25.1 Å². The standard InChI is InChI=1S/C15H17N3O3S/c1-8-5-10(8)14(20)16-7-13(19)18-15-17-11-4-3-9(21-2)6-12(11)22-15/h3-4,6,8,10H,5,7H2,1-2H3,(H,16,20)(H,17,18,19). The van der Waals surface area contributed by atoms with Crippen LogP contribution in [0, 0.1) is 11.8 Å². The Morgan fingerprint density at radius 1 is 1.45 bits per heavy atom. The van der Waals surface area contributed by atoms with Crippen molar-refractivity contribution in [1.29, 1.82) is 0 Å². The molecule has 0 spiro atoms. The fourth-order valence-corrected chi connectivity index (χ4v) is 3.15. The number of aromatic nitrogens is 1. The van der Waals surface area contributed by atoms with E-state index in [4.69, 9.17) is 4.74 Å². The number of carbonyl (C=O) groups is 2. The number of thiazole rings is 1.